The highest BCUT2D eigenvalue weighted by Crippen LogP contribution is 2.39. The van der Waals surface area contributed by atoms with Crippen molar-refractivity contribution in [2.24, 2.45) is 0 Å². The lowest BCUT2D eigenvalue weighted by atomic mass is 10.2. The molecule has 0 aliphatic rings. The van der Waals surface area contributed by atoms with Gasteiger partial charge in [-0.15, -0.1) is 0 Å². The van der Waals surface area contributed by atoms with E-state index < -0.39 is 5.97 Å². The molecule has 0 aliphatic carbocycles. The fourth-order valence-electron chi connectivity index (χ4n) is 2.41. The van der Waals surface area contributed by atoms with E-state index in [1.54, 1.807) is 12.1 Å². The van der Waals surface area contributed by atoms with Gasteiger partial charge >= 0.3 is 5.97 Å². The summed E-state index contributed by atoms with van der Waals surface area (Å²) in [5.41, 5.74) is 0.332. The Morgan fingerprint density at radius 2 is 1.39 bits per heavy atom. The van der Waals surface area contributed by atoms with Gasteiger partial charge < -0.3 is 23.7 Å². The number of hydrogen-bond donors (Lipinski definition) is 0. The van der Waals surface area contributed by atoms with Gasteiger partial charge in [-0.3, -0.25) is 0 Å². The standard InChI is InChI=1S/C21H25BrO6/c1-4-24-18-13-15(14-19(25-5-2)20(18)26-6-3)21(23)28-12-11-27-17-9-7-16(22)8-10-17/h7-10,13-14H,4-6,11-12H2,1-3H3. The number of carbonyl (C=O) groups is 1. The fourth-order valence-corrected chi connectivity index (χ4v) is 2.68. The summed E-state index contributed by atoms with van der Waals surface area (Å²) in [5.74, 6) is 1.62. The highest BCUT2D eigenvalue weighted by atomic mass is 79.9. The second-order valence-electron chi connectivity index (χ2n) is 5.54. The molecule has 0 amide bonds. The van der Waals surface area contributed by atoms with Crippen molar-refractivity contribution in [2.75, 3.05) is 33.0 Å². The summed E-state index contributed by atoms with van der Waals surface area (Å²) in [6.45, 7) is 7.30. The van der Waals surface area contributed by atoms with Gasteiger partial charge in [0.25, 0.3) is 0 Å². The second-order valence-corrected chi connectivity index (χ2v) is 6.45. The summed E-state index contributed by atoms with van der Waals surface area (Å²) in [5, 5.41) is 0. The third kappa shape index (κ3) is 6.34. The largest absolute Gasteiger partial charge is 0.490 e. The first kappa shape index (κ1) is 21.9. The van der Waals surface area contributed by atoms with Crippen LogP contribution in [0.1, 0.15) is 31.1 Å². The molecule has 0 fully saturated rings. The Bertz CT molecular complexity index is 733. The number of ether oxygens (including phenoxy) is 5. The van der Waals surface area contributed by atoms with E-state index in [1.807, 2.05) is 45.0 Å². The minimum absolute atomic E-state index is 0.121. The fraction of sp³-hybridized carbons (Fsp3) is 0.381. The van der Waals surface area contributed by atoms with Crippen LogP contribution in [0.3, 0.4) is 0 Å². The van der Waals surface area contributed by atoms with Crippen LogP contribution in [0.4, 0.5) is 0 Å². The van der Waals surface area contributed by atoms with Crippen molar-refractivity contribution in [3.05, 3.63) is 46.4 Å². The van der Waals surface area contributed by atoms with Gasteiger partial charge in [0, 0.05) is 4.47 Å². The molecule has 0 saturated carbocycles. The van der Waals surface area contributed by atoms with E-state index in [0.29, 0.717) is 48.4 Å². The highest BCUT2D eigenvalue weighted by Gasteiger charge is 2.19. The van der Waals surface area contributed by atoms with Crippen molar-refractivity contribution in [1.29, 1.82) is 0 Å². The van der Waals surface area contributed by atoms with Crippen molar-refractivity contribution in [2.45, 2.75) is 20.8 Å². The van der Waals surface area contributed by atoms with Crippen molar-refractivity contribution in [1.82, 2.24) is 0 Å². The van der Waals surface area contributed by atoms with E-state index >= 15 is 0 Å². The average Bonchev–Trinajstić information content (AvgIpc) is 2.69. The monoisotopic (exact) mass is 452 g/mol. The van der Waals surface area contributed by atoms with E-state index in [4.69, 9.17) is 23.7 Å². The molecule has 6 nitrogen and oxygen atoms in total. The maximum Gasteiger partial charge on any atom is 0.338 e. The zero-order valence-corrected chi connectivity index (χ0v) is 17.9. The van der Waals surface area contributed by atoms with Gasteiger partial charge in [0.05, 0.1) is 25.4 Å². The summed E-state index contributed by atoms with van der Waals surface area (Å²) in [4.78, 5) is 12.4. The minimum atomic E-state index is -0.482. The first-order valence-corrected chi connectivity index (χ1v) is 10.00. The molecule has 0 N–H and O–H groups in total. The first-order valence-electron chi connectivity index (χ1n) is 9.20. The molecule has 0 radical (unpaired) electrons. The first-order chi connectivity index (χ1) is 13.6. The Morgan fingerprint density at radius 1 is 0.821 bits per heavy atom. The van der Waals surface area contributed by atoms with E-state index in [1.165, 1.54) is 0 Å². The topological polar surface area (TPSA) is 63.2 Å². The summed E-state index contributed by atoms with van der Waals surface area (Å²) >= 11 is 3.37. The lowest BCUT2D eigenvalue weighted by Crippen LogP contribution is -2.13. The molecule has 152 valence electrons. The Morgan fingerprint density at radius 3 is 1.93 bits per heavy atom. The molecule has 2 aromatic carbocycles. The van der Waals surface area contributed by atoms with Crippen LogP contribution < -0.4 is 18.9 Å². The summed E-state index contributed by atoms with van der Waals surface area (Å²) in [7, 11) is 0. The predicted molar refractivity (Wildman–Crippen MR) is 110 cm³/mol. The molecule has 0 bridgehead atoms. The normalized spacial score (nSPS) is 10.3. The van der Waals surface area contributed by atoms with Crippen LogP contribution >= 0.6 is 15.9 Å². The van der Waals surface area contributed by atoms with Crippen molar-refractivity contribution >= 4 is 21.9 Å². The quantitative estimate of drug-likeness (QED) is 0.357. The number of carbonyl (C=O) groups excluding carboxylic acids is 1. The maximum absolute atomic E-state index is 12.4. The molecule has 28 heavy (non-hydrogen) atoms. The van der Waals surface area contributed by atoms with Crippen LogP contribution in [0.2, 0.25) is 0 Å². The smallest absolute Gasteiger partial charge is 0.338 e. The van der Waals surface area contributed by atoms with E-state index in [2.05, 4.69) is 15.9 Å². The van der Waals surface area contributed by atoms with E-state index in [-0.39, 0.29) is 13.2 Å². The van der Waals surface area contributed by atoms with Gasteiger partial charge in [0.1, 0.15) is 19.0 Å². The molecule has 2 rings (SSSR count). The molecule has 7 heteroatoms. The zero-order valence-electron chi connectivity index (χ0n) is 16.3. The lowest BCUT2D eigenvalue weighted by Gasteiger charge is -2.17. The van der Waals surface area contributed by atoms with Gasteiger partial charge in [0.2, 0.25) is 5.75 Å². The zero-order chi connectivity index (χ0) is 20.4. The van der Waals surface area contributed by atoms with Crippen LogP contribution in [-0.2, 0) is 4.74 Å². The highest BCUT2D eigenvalue weighted by molar-refractivity contribution is 9.10. The number of halogens is 1. The number of rotatable bonds is 11. The van der Waals surface area contributed by atoms with Crippen LogP contribution in [-0.4, -0.2) is 39.0 Å². The van der Waals surface area contributed by atoms with Crippen molar-refractivity contribution in [3.63, 3.8) is 0 Å². The van der Waals surface area contributed by atoms with Gasteiger partial charge in [-0.05, 0) is 57.2 Å². The van der Waals surface area contributed by atoms with Crippen LogP contribution in [0.5, 0.6) is 23.0 Å². The SMILES string of the molecule is CCOc1cc(C(=O)OCCOc2ccc(Br)cc2)cc(OCC)c1OCC. The molecule has 0 unspecified atom stereocenters. The van der Waals surface area contributed by atoms with Gasteiger partial charge in [-0.1, -0.05) is 15.9 Å². The van der Waals surface area contributed by atoms with Gasteiger partial charge in [0.15, 0.2) is 11.5 Å². The Kier molecular flexibility index (Phi) is 8.94. The molecule has 0 atom stereocenters. The third-order valence-electron chi connectivity index (χ3n) is 3.54. The molecule has 0 aliphatic heterocycles. The number of benzene rings is 2. The number of esters is 1. The molecular weight excluding hydrogens is 428 g/mol. The molecular formula is C21H25BrO6. The van der Waals surface area contributed by atoms with Crippen LogP contribution in [0.25, 0.3) is 0 Å². The van der Waals surface area contributed by atoms with Gasteiger partial charge in [-0.25, -0.2) is 4.79 Å². The van der Waals surface area contributed by atoms with Crippen LogP contribution in [0, 0.1) is 0 Å². The lowest BCUT2D eigenvalue weighted by molar-refractivity contribution is 0.0449. The summed E-state index contributed by atoms with van der Waals surface area (Å²) < 4.78 is 28.7. The molecule has 2 aromatic rings. The van der Waals surface area contributed by atoms with Crippen molar-refractivity contribution < 1.29 is 28.5 Å². The predicted octanol–water partition coefficient (Wildman–Crippen LogP) is 4.88. The Hall–Kier alpha value is -2.41. The molecule has 0 saturated heterocycles. The minimum Gasteiger partial charge on any atom is -0.490 e. The van der Waals surface area contributed by atoms with Gasteiger partial charge in [-0.2, -0.15) is 0 Å². The molecule has 0 aromatic heterocycles. The molecule has 0 heterocycles. The van der Waals surface area contributed by atoms with Crippen molar-refractivity contribution in [3.8, 4) is 23.0 Å². The average molecular weight is 453 g/mol. The second kappa shape index (κ2) is 11.4. The molecule has 0 spiro atoms. The number of hydrogen-bond acceptors (Lipinski definition) is 6. The third-order valence-corrected chi connectivity index (χ3v) is 4.07. The Labute approximate surface area is 173 Å². The van der Waals surface area contributed by atoms with E-state index in [9.17, 15) is 4.79 Å². The summed E-state index contributed by atoms with van der Waals surface area (Å²) in [6.07, 6.45) is 0. The summed E-state index contributed by atoms with van der Waals surface area (Å²) in [6, 6.07) is 10.6. The van der Waals surface area contributed by atoms with E-state index in [0.717, 1.165) is 4.47 Å². The Balaban J connectivity index is 2.03. The maximum atomic E-state index is 12.4. The van der Waals surface area contributed by atoms with Crippen LogP contribution in [0.15, 0.2) is 40.9 Å².